The summed E-state index contributed by atoms with van der Waals surface area (Å²) in [5, 5.41) is 2.30. The summed E-state index contributed by atoms with van der Waals surface area (Å²) in [5.41, 5.74) is 4.67. The third-order valence-electron chi connectivity index (χ3n) is 5.34. The minimum atomic E-state index is 0.866. The Morgan fingerprint density at radius 1 is 1.18 bits per heavy atom. The van der Waals surface area contributed by atoms with E-state index in [9.17, 15) is 0 Å². The molecular weight excluding hydrogens is 516 g/mol. The highest BCUT2D eigenvalue weighted by molar-refractivity contribution is 9.10. The van der Waals surface area contributed by atoms with Crippen LogP contribution in [0.4, 0.5) is 5.69 Å². The van der Waals surface area contributed by atoms with Gasteiger partial charge in [-0.1, -0.05) is 35.6 Å². The number of pyridine rings is 1. The highest BCUT2D eigenvalue weighted by Gasteiger charge is 2.23. The summed E-state index contributed by atoms with van der Waals surface area (Å²) < 4.78 is 14.9. The van der Waals surface area contributed by atoms with Gasteiger partial charge in [0.05, 0.1) is 46.5 Å². The topological polar surface area (TPSA) is 25.6 Å². The standard InChI is InChI=1S/C26H26BrN2O2S2/c1-5-28-15-14-19(22-16-20(30-3)9-11-23(22)28)8-6-18(2)7-13-26-29(27)24-12-10-21(33-31-4)17-25(24)32-26/h6-17H,5H2,1-4H3/q+1. The number of aromatic nitrogens is 1. The van der Waals surface area contributed by atoms with Gasteiger partial charge in [-0.15, -0.1) is 0 Å². The molecule has 0 N–H and O–H groups in total. The first kappa shape index (κ1) is 24.0. The fraction of sp³-hybridized carbons (Fsp3) is 0.192. The Labute approximate surface area is 212 Å². The van der Waals surface area contributed by atoms with Gasteiger partial charge < -0.3 is 8.92 Å². The van der Waals surface area contributed by atoms with Crippen LogP contribution in [0.15, 0.2) is 87.3 Å². The number of ether oxygens (including phenoxy) is 1. The van der Waals surface area contributed by atoms with Gasteiger partial charge in [0.15, 0.2) is 6.20 Å². The summed E-state index contributed by atoms with van der Waals surface area (Å²) in [6.45, 7) is 5.20. The molecular formula is C26H26BrN2O2S2+. The molecule has 0 atom stereocenters. The smallest absolute Gasteiger partial charge is 0.213 e. The van der Waals surface area contributed by atoms with E-state index < -0.39 is 0 Å². The van der Waals surface area contributed by atoms with Gasteiger partial charge in [-0.2, -0.15) is 4.57 Å². The van der Waals surface area contributed by atoms with Crippen LogP contribution in [0.3, 0.4) is 0 Å². The number of halogens is 1. The monoisotopic (exact) mass is 541 g/mol. The van der Waals surface area contributed by atoms with Crippen LogP contribution in [0, 0.1) is 0 Å². The number of hydrogen-bond acceptors (Lipinski definition) is 5. The molecule has 1 aromatic heterocycles. The molecule has 2 heterocycles. The highest BCUT2D eigenvalue weighted by atomic mass is 79.9. The maximum atomic E-state index is 5.46. The molecule has 0 saturated heterocycles. The molecule has 0 amide bonds. The Kier molecular flexibility index (Phi) is 7.86. The van der Waals surface area contributed by atoms with Gasteiger partial charge in [0.2, 0.25) is 5.52 Å². The summed E-state index contributed by atoms with van der Waals surface area (Å²) in [7, 11) is 3.39. The number of thioether (sulfide) groups is 1. The van der Waals surface area contributed by atoms with Crippen LogP contribution in [0.25, 0.3) is 17.0 Å². The van der Waals surface area contributed by atoms with Gasteiger partial charge in [-0.05, 0) is 55.8 Å². The molecule has 1 aliphatic rings. The van der Waals surface area contributed by atoms with E-state index in [1.807, 2.05) is 9.99 Å². The molecule has 4 nitrogen and oxygen atoms in total. The Morgan fingerprint density at radius 3 is 2.79 bits per heavy atom. The minimum absolute atomic E-state index is 0.866. The van der Waals surface area contributed by atoms with Gasteiger partial charge >= 0.3 is 0 Å². The van der Waals surface area contributed by atoms with E-state index in [0.717, 1.165) is 27.9 Å². The van der Waals surface area contributed by atoms with Crippen molar-refractivity contribution in [3.05, 3.63) is 83.1 Å². The molecule has 0 fully saturated rings. The summed E-state index contributed by atoms with van der Waals surface area (Å²) in [4.78, 5) is 2.30. The lowest BCUT2D eigenvalue weighted by atomic mass is 10.1. The van der Waals surface area contributed by atoms with Crippen molar-refractivity contribution >= 4 is 62.6 Å². The van der Waals surface area contributed by atoms with Crippen LogP contribution >= 0.6 is 40.0 Å². The van der Waals surface area contributed by atoms with Gasteiger partial charge in [0.25, 0.3) is 0 Å². The maximum absolute atomic E-state index is 5.46. The van der Waals surface area contributed by atoms with Crippen molar-refractivity contribution in [3.63, 3.8) is 0 Å². The summed E-state index contributed by atoms with van der Waals surface area (Å²) in [6.07, 6.45) is 10.7. The molecule has 0 radical (unpaired) electrons. The number of benzene rings is 2. The second-order valence-electron chi connectivity index (χ2n) is 7.45. The number of rotatable bonds is 7. The van der Waals surface area contributed by atoms with Gasteiger partial charge in [-0.25, -0.2) is 0 Å². The Bertz CT molecular complexity index is 1270. The lowest BCUT2D eigenvalue weighted by Crippen LogP contribution is -2.32. The zero-order chi connectivity index (χ0) is 23.4. The number of aryl methyl sites for hydroxylation is 1. The summed E-state index contributed by atoms with van der Waals surface area (Å²) >= 11 is 6.80. The molecule has 0 bridgehead atoms. The number of methoxy groups -OCH3 is 1. The first-order valence-electron chi connectivity index (χ1n) is 10.6. The second kappa shape index (κ2) is 10.8. The first-order chi connectivity index (χ1) is 16.0. The molecule has 1 aliphatic heterocycles. The van der Waals surface area contributed by atoms with E-state index in [-0.39, 0.29) is 0 Å². The highest BCUT2D eigenvalue weighted by Crippen LogP contribution is 2.49. The van der Waals surface area contributed by atoms with E-state index >= 15 is 0 Å². The molecule has 4 rings (SSSR count). The number of nitrogens with zero attached hydrogens (tertiary/aromatic N) is 2. The molecule has 33 heavy (non-hydrogen) atoms. The maximum Gasteiger partial charge on any atom is 0.213 e. The third-order valence-corrected chi connectivity index (χ3v) is 8.03. The van der Waals surface area contributed by atoms with Gasteiger partial charge in [0.1, 0.15) is 12.3 Å². The number of fused-ring (bicyclic) bond motifs is 2. The van der Waals surface area contributed by atoms with Crippen molar-refractivity contribution in [2.75, 3.05) is 18.1 Å². The number of allylic oxidation sites excluding steroid dienone is 4. The first-order valence-corrected chi connectivity index (χ1v) is 12.9. The summed E-state index contributed by atoms with van der Waals surface area (Å²) in [5.74, 6) is 0.866. The fourth-order valence-electron chi connectivity index (χ4n) is 3.62. The van der Waals surface area contributed by atoms with E-state index in [1.165, 1.54) is 39.0 Å². The Morgan fingerprint density at radius 2 is 2.03 bits per heavy atom. The molecule has 0 spiro atoms. The Hall–Kier alpha value is -2.19. The number of anilines is 1. The molecule has 0 saturated carbocycles. The average Bonchev–Trinajstić information content (AvgIpc) is 3.15. The zero-order valence-corrected chi connectivity index (χ0v) is 22.3. The van der Waals surface area contributed by atoms with Crippen molar-refractivity contribution in [1.29, 1.82) is 0 Å². The van der Waals surface area contributed by atoms with Crippen LogP contribution in [-0.4, -0.2) is 14.2 Å². The quantitative estimate of drug-likeness (QED) is 0.133. The predicted octanol–water partition coefficient (Wildman–Crippen LogP) is 7.53. The van der Waals surface area contributed by atoms with E-state index in [0.29, 0.717) is 0 Å². The van der Waals surface area contributed by atoms with Crippen molar-refractivity contribution in [2.24, 2.45) is 0 Å². The van der Waals surface area contributed by atoms with Crippen LogP contribution in [-0.2, 0) is 10.7 Å². The second-order valence-corrected chi connectivity index (χ2v) is 10.2. The zero-order valence-electron chi connectivity index (χ0n) is 19.0. The van der Waals surface area contributed by atoms with E-state index in [1.54, 1.807) is 26.0 Å². The van der Waals surface area contributed by atoms with Crippen LogP contribution in [0.5, 0.6) is 5.75 Å². The Balaban J connectivity index is 1.56. The SMILES string of the molecule is CC[n+]1ccc(/C=C/C(C)=C/C=C2\Sc3cc(SOC)ccc3N2Br)c2cc(OC)ccc21. The predicted molar refractivity (Wildman–Crippen MR) is 144 cm³/mol. The molecule has 3 aromatic rings. The van der Waals surface area contributed by atoms with Crippen molar-refractivity contribution in [3.8, 4) is 5.75 Å². The van der Waals surface area contributed by atoms with Gasteiger partial charge in [-0.3, -0.25) is 3.93 Å². The van der Waals surface area contributed by atoms with E-state index in [2.05, 4.69) is 101 Å². The van der Waals surface area contributed by atoms with Crippen molar-refractivity contribution < 1.29 is 13.5 Å². The minimum Gasteiger partial charge on any atom is -0.497 e. The normalized spacial score (nSPS) is 15.1. The molecule has 7 heteroatoms. The molecule has 0 unspecified atom stereocenters. The average molecular weight is 543 g/mol. The van der Waals surface area contributed by atoms with Crippen LogP contribution in [0.2, 0.25) is 0 Å². The lowest BCUT2D eigenvalue weighted by Gasteiger charge is -2.09. The van der Waals surface area contributed by atoms with Crippen molar-refractivity contribution in [1.82, 2.24) is 0 Å². The van der Waals surface area contributed by atoms with Crippen LogP contribution in [0.1, 0.15) is 19.4 Å². The lowest BCUT2D eigenvalue weighted by molar-refractivity contribution is -0.667. The fourth-order valence-corrected chi connectivity index (χ4v) is 5.93. The van der Waals surface area contributed by atoms with Crippen LogP contribution < -0.4 is 13.2 Å². The summed E-state index contributed by atoms with van der Waals surface area (Å²) in [6, 6.07) is 14.7. The third kappa shape index (κ3) is 5.32. The molecule has 170 valence electrons. The van der Waals surface area contributed by atoms with Gasteiger partial charge in [0, 0.05) is 34.0 Å². The molecule has 2 aromatic carbocycles. The van der Waals surface area contributed by atoms with Crippen molar-refractivity contribution in [2.45, 2.75) is 30.2 Å². The van der Waals surface area contributed by atoms with E-state index in [4.69, 9.17) is 8.92 Å². The number of hydrogen-bond donors (Lipinski definition) is 0. The molecule has 0 aliphatic carbocycles. The largest absolute Gasteiger partial charge is 0.497 e.